The highest BCUT2D eigenvalue weighted by Crippen LogP contribution is 2.28. The van der Waals surface area contributed by atoms with Gasteiger partial charge in [0.1, 0.15) is 5.76 Å². The van der Waals surface area contributed by atoms with Gasteiger partial charge in [-0.25, -0.2) is 4.79 Å². The van der Waals surface area contributed by atoms with E-state index in [1.54, 1.807) is 12.1 Å². The van der Waals surface area contributed by atoms with Crippen LogP contribution in [0.2, 0.25) is 0 Å². The van der Waals surface area contributed by atoms with E-state index in [-0.39, 0.29) is 5.97 Å². The van der Waals surface area contributed by atoms with Crippen LogP contribution in [0.3, 0.4) is 0 Å². The molecule has 0 amide bonds. The van der Waals surface area contributed by atoms with Crippen LogP contribution in [0.5, 0.6) is 0 Å². The maximum absolute atomic E-state index is 11.6. The Morgan fingerprint density at radius 1 is 0.895 bits per heavy atom. The molecule has 0 spiro atoms. The molecule has 1 aliphatic heterocycles. The van der Waals surface area contributed by atoms with Gasteiger partial charge < -0.3 is 4.74 Å². The molecule has 0 fully saturated rings. The minimum absolute atomic E-state index is 0.316. The summed E-state index contributed by atoms with van der Waals surface area (Å²) in [5.74, 6) is 6.12. The molecule has 0 aliphatic carbocycles. The summed E-state index contributed by atoms with van der Waals surface area (Å²) >= 11 is 0. The number of fused-ring (bicyclic) bond motifs is 1. The third-order valence-electron chi connectivity index (χ3n) is 2.81. The molecule has 0 unspecified atom stereocenters. The van der Waals surface area contributed by atoms with Crippen LogP contribution in [0.4, 0.5) is 0 Å². The van der Waals surface area contributed by atoms with Crippen molar-refractivity contribution in [2.45, 2.75) is 0 Å². The fourth-order valence-corrected chi connectivity index (χ4v) is 1.90. The van der Waals surface area contributed by atoms with Crippen molar-refractivity contribution < 1.29 is 9.53 Å². The van der Waals surface area contributed by atoms with Crippen LogP contribution in [-0.2, 0) is 4.74 Å². The third-order valence-corrected chi connectivity index (χ3v) is 2.81. The maximum Gasteiger partial charge on any atom is 0.344 e. The van der Waals surface area contributed by atoms with Crippen LogP contribution in [0.25, 0.3) is 5.76 Å². The SMILES string of the molecule is O=C1O/C(=C\C#Cc2ccccc2)c2ccccc21. The summed E-state index contributed by atoms with van der Waals surface area (Å²) in [6.45, 7) is 0. The zero-order valence-electron chi connectivity index (χ0n) is 10.1. The zero-order valence-corrected chi connectivity index (χ0v) is 10.1. The van der Waals surface area contributed by atoms with Crippen LogP contribution in [0.15, 0.2) is 60.7 Å². The first-order chi connectivity index (χ1) is 9.34. The molecular weight excluding hydrogens is 236 g/mol. The number of esters is 1. The fourth-order valence-electron chi connectivity index (χ4n) is 1.90. The average Bonchev–Trinajstić information content (AvgIpc) is 2.78. The van der Waals surface area contributed by atoms with Crippen LogP contribution >= 0.6 is 0 Å². The number of hydrogen-bond acceptors (Lipinski definition) is 2. The number of carbonyl (C=O) groups is 1. The smallest absolute Gasteiger partial charge is 0.344 e. The molecule has 0 atom stereocenters. The Morgan fingerprint density at radius 3 is 2.37 bits per heavy atom. The molecule has 1 heterocycles. The minimum Gasteiger partial charge on any atom is -0.422 e. The lowest BCUT2D eigenvalue weighted by Crippen LogP contribution is -1.92. The van der Waals surface area contributed by atoms with Gasteiger partial charge in [-0.15, -0.1) is 0 Å². The lowest BCUT2D eigenvalue weighted by Gasteiger charge is -1.93. The molecule has 19 heavy (non-hydrogen) atoms. The largest absolute Gasteiger partial charge is 0.422 e. The topological polar surface area (TPSA) is 26.3 Å². The van der Waals surface area contributed by atoms with E-state index >= 15 is 0 Å². The monoisotopic (exact) mass is 246 g/mol. The molecule has 3 rings (SSSR count). The maximum atomic E-state index is 11.6. The van der Waals surface area contributed by atoms with E-state index in [2.05, 4.69) is 11.8 Å². The number of benzene rings is 2. The van der Waals surface area contributed by atoms with Crippen molar-refractivity contribution in [1.82, 2.24) is 0 Å². The van der Waals surface area contributed by atoms with Crippen molar-refractivity contribution >= 4 is 11.7 Å². The summed E-state index contributed by atoms with van der Waals surface area (Å²) in [5.41, 5.74) is 2.32. The highest BCUT2D eigenvalue weighted by molar-refractivity contribution is 6.03. The Hall–Kier alpha value is -2.79. The van der Waals surface area contributed by atoms with Crippen molar-refractivity contribution in [2.24, 2.45) is 0 Å². The van der Waals surface area contributed by atoms with Crippen molar-refractivity contribution in [2.75, 3.05) is 0 Å². The van der Waals surface area contributed by atoms with Gasteiger partial charge >= 0.3 is 5.97 Å². The first kappa shape index (κ1) is 11.3. The molecule has 90 valence electrons. The molecule has 0 saturated carbocycles. The van der Waals surface area contributed by atoms with Gasteiger partial charge in [0.2, 0.25) is 0 Å². The molecule has 2 aromatic rings. The van der Waals surface area contributed by atoms with E-state index in [1.807, 2.05) is 48.5 Å². The number of ether oxygens (including phenoxy) is 1. The summed E-state index contributed by atoms with van der Waals surface area (Å²) in [4.78, 5) is 11.6. The Balaban J connectivity index is 1.91. The normalized spacial score (nSPS) is 14.5. The quantitative estimate of drug-likeness (QED) is 0.527. The number of hydrogen-bond donors (Lipinski definition) is 0. The summed E-state index contributed by atoms with van der Waals surface area (Å²) in [6, 6.07) is 17.0. The van der Waals surface area contributed by atoms with E-state index in [1.165, 1.54) is 0 Å². The Kier molecular flexibility index (Phi) is 2.88. The second-order valence-corrected chi connectivity index (χ2v) is 4.08. The fraction of sp³-hybridized carbons (Fsp3) is 0. The second-order valence-electron chi connectivity index (χ2n) is 4.08. The molecule has 0 aromatic heterocycles. The first-order valence-corrected chi connectivity index (χ1v) is 5.93. The predicted molar refractivity (Wildman–Crippen MR) is 73.2 cm³/mol. The number of rotatable bonds is 0. The second kappa shape index (κ2) is 4.83. The van der Waals surface area contributed by atoms with Gasteiger partial charge in [0, 0.05) is 17.2 Å². The minimum atomic E-state index is -0.316. The summed E-state index contributed by atoms with van der Waals surface area (Å²) in [6.07, 6.45) is 1.64. The van der Waals surface area contributed by atoms with Crippen molar-refractivity contribution in [3.05, 3.63) is 77.4 Å². The van der Waals surface area contributed by atoms with Gasteiger partial charge in [0.25, 0.3) is 0 Å². The highest BCUT2D eigenvalue weighted by atomic mass is 16.5. The van der Waals surface area contributed by atoms with Crippen LogP contribution in [0, 0.1) is 11.8 Å². The van der Waals surface area contributed by atoms with E-state index in [0.717, 1.165) is 11.1 Å². The van der Waals surface area contributed by atoms with Crippen LogP contribution in [0.1, 0.15) is 21.5 Å². The average molecular weight is 246 g/mol. The van der Waals surface area contributed by atoms with E-state index in [0.29, 0.717) is 11.3 Å². The first-order valence-electron chi connectivity index (χ1n) is 5.93. The lowest BCUT2D eigenvalue weighted by molar-refractivity contribution is 0.0716. The summed E-state index contributed by atoms with van der Waals surface area (Å²) in [5, 5.41) is 0. The van der Waals surface area contributed by atoms with E-state index < -0.39 is 0 Å². The van der Waals surface area contributed by atoms with Gasteiger partial charge in [-0.05, 0) is 18.2 Å². The van der Waals surface area contributed by atoms with E-state index in [4.69, 9.17) is 4.74 Å². The molecule has 2 nitrogen and oxygen atoms in total. The number of cyclic esters (lactones) is 1. The Labute approximate surface area is 111 Å². The van der Waals surface area contributed by atoms with Crippen molar-refractivity contribution in [3.63, 3.8) is 0 Å². The molecule has 2 aromatic carbocycles. The number of carbonyl (C=O) groups excluding carboxylic acids is 1. The van der Waals surface area contributed by atoms with Crippen molar-refractivity contribution in [1.29, 1.82) is 0 Å². The molecule has 1 aliphatic rings. The van der Waals surface area contributed by atoms with Gasteiger partial charge in [-0.3, -0.25) is 0 Å². The standard InChI is InChI=1S/C17H10O2/c18-17-15-11-5-4-10-14(15)16(19-17)12-6-9-13-7-2-1-3-8-13/h1-5,7-8,10-12H/b16-12-. The lowest BCUT2D eigenvalue weighted by atomic mass is 10.1. The number of allylic oxidation sites excluding steroid dienone is 1. The van der Waals surface area contributed by atoms with Gasteiger partial charge in [0.05, 0.1) is 5.56 Å². The molecule has 0 saturated heterocycles. The Bertz CT molecular complexity index is 716. The highest BCUT2D eigenvalue weighted by Gasteiger charge is 2.24. The third kappa shape index (κ3) is 2.27. The molecule has 0 N–H and O–H groups in total. The predicted octanol–water partition coefficient (Wildman–Crippen LogP) is 3.25. The molecule has 0 radical (unpaired) electrons. The summed E-state index contributed by atoms with van der Waals surface area (Å²) in [7, 11) is 0. The van der Waals surface area contributed by atoms with Gasteiger partial charge in [0.15, 0.2) is 0 Å². The Morgan fingerprint density at radius 2 is 1.58 bits per heavy atom. The van der Waals surface area contributed by atoms with Gasteiger partial charge in [-0.2, -0.15) is 0 Å². The van der Waals surface area contributed by atoms with Crippen LogP contribution in [-0.4, -0.2) is 5.97 Å². The summed E-state index contributed by atoms with van der Waals surface area (Å²) < 4.78 is 5.19. The molecule has 0 bridgehead atoms. The van der Waals surface area contributed by atoms with E-state index in [9.17, 15) is 4.79 Å². The molecule has 2 heteroatoms. The van der Waals surface area contributed by atoms with Gasteiger partial charge in [-0.1, -0.05) is 48.2 Å². The molecular formula is C17H10O2. The van der Waals surface area contributed by atoms with Crippen LogP contribution < -0.4 is 0 Å². The van der Waals surface area contributed by atoms with Crippen molar-refractivity contribution in [3.8, 4) is 11.8 Å². The zero-order chi connectivity index (χ0) is 13.1.